The highest BCUT2D eigenvalue weighted by Crippen LogP contribution is 2.38. The molecular weight excluding hydrogens is 1250 g/mol. The van der Waals surface area contributed by atoms with Crippen LogP contribution in [-0.4, -0.2) is 86.5 Å². The van der Waals surface area contributed by atoms with Gasteiger partial charge < -0.3 is 53.1 Å². The van der Waals surface area contributed by atoms with Crippen molar-refractivity contribution in [2.75, 3.05) is 45.4 Å². The number of carbonyl (C=O) groups is 6. The Hall–Kier alpha value is -9.98. The highest BCUT2D eigenvalue weighted by molar-refractivity contribution is 6.06. The van der Waals surface area contributed by atoms with Crippen LogP contribution in [0.1, 0.15) is 203 Å². The van der Waals surface area contributed by atoms with E-state index >= 15 is 0 Å². The number of ether oxygens (including phenoxy) is 10. The maximum Gasteiger partial charge on any atom is 0.344 e. The van der Waals surface area contributed by atoms with Crippen molar-refractivity contribution in [2.24, 2.45) is 0 Å². The Balaban J connectivity index is 0.990. The van der Waals surface area contributed by atoms with Crippen molar-refractivity contribution in [3.8, 4) is 51.4 Å². The van der Waals surface area contributed by atoms with E-state index in [9.17, 15) is 38.9 Å². The predicted molar refractivity (Wildman–Crippen MR) is 375 cm³/mol. The Kier molecular flexibility index (Phi) is 34.6. The van der Waals surface area contributed by atoms with E-state index in [4.69, 9.17) is 53.1 Å². The van der Waals surface area contributed by atoms with Crippen molar-refractivity contribution in [2.45, 2.75) is 168 Å². The lowest BCUT2D eigenvalue weighted by Crippen LogP contribution is -2.19. The van der Waals surface area contributed by atoms with Gasteiger partial charge in [-0.05, 0) is 154 Å². The molecule has 0 aliphatic carbocycles. The maximum absolute atomic E-state index is 13.9. The molecule has 0 saturated carbocycles. The molecule has 1 atom stereocenters. The molecule has 6 aromatic carbocycles. The van der Waals surface area contributed by atoms with E-state index in [1.165, 1.54) is 66.7 Å². The van der Waals surface area contributed by atoms with Gasteiger partial charge in [0.2, 0.25) is 0 Å². The smallest absolute Gasteiger partial charge is 0.344 e. The number of esters is 6. The Morgan fingerprint density at radius 1 is 0.439 bits per heavy atom. The van der Waals surface area contributed by atoms with Crippen LogP contribution in [0, 0.1) is 10.1 Å². The second-order valence-electron chi connectivity index (χ2n) is 23.7. The molecule has 0 heterocycles. The van der Waals surface area contributed by atoms with Crippen molar-refractivity contribution in [3.63, 3.8) is 0 Å². The summed E-state index contributed by atoms with van der Waals surface area (Å²) in [5, 5.41) is 12.1. The first kappa shape index (κ1) is 77.0. The van der Waals surface area contributed by atoms with Gasteiger partial charge in [-0.3, -0.25) is 10.1 Å². The van der Waals surface area contributed by atoms with Crippen LogP contribution in [0.5, 0.6) is 40.2 Å². The molecule has 0 spiro atoms. The van der Waals surface area contributed by atoms with E-state index in [2.05, 4.69) is 20.1 Å². The first-order chi connectivity index (χ1) is 47.6. The first-order valence-corrected chi connectivity index (χ1v) is 34.2. The van der Waals surface area contributed by atoms with Gasteiger partial charge in [0.1, 0.15) is 47.7 Å². The molecule has 0 unspecified atom stereocenters. The summed E-state index contributed by atoms with van der Waals surface area (Å²) in [7, 11) is 0. The van der Waals surface area contributed by atoms with E-state index in [0.29, 0.717) is 54.8 Å². The number of nitro benzene ring substituents is 1. The molecule has 0 aromatic heterocycles. The number of hydrogen-bond donors (Lipinski definition) is 1. The van der Waals surface area contributed by atoms with Crippen molar-refractivity contribution in [1.82, 2.24) is 0 Å². The summed E-state index contributed by atoms with van der Waals surface area (Å²) >= 11 is 0. The summed E-state index contributed by atoms with van der Waals surface area (Å²) in [6.07, 6.45) is 25.9. The lowest BCUT2D eigenvalue weighted by molar-refractivity contribution is -0.386. The second kappa shape index (κ2) is 44.0. The summed E-state index contributed by atoms with van der Waals surface area (Å²) in [5.74, 6) is -1.80. The van der Waals surface area contributed by atoms with E-state index in [1.807, 2.05) is 6.92 Å². The molecule has 0 amide bonds. The number of benzene rings is 6. The van der Waals surface area contributed by atoms with Crippen molar-refractivity contribution >= 4 is 47.2 Å². The fraction of sp³-hybridized carbons (Fsp3) is 0.410. The topological polar surface area (TPSA) is 264 Å². The third kappa shape index (κ3) is 28.4. The van der Waals surface area contributed by atoms with Crippen molar-refractivity contribution in [1.29, 1.82) is 0 Å². The van der Waals surface area contributed by atoms with E-state index in [0.717, 1.165) is 148 Å². The van der Waals surface area contributed by atoms with Gasteiger partial charge in [0.05, 0.1) is 59.7 Å². The normalized spacial score (nSPS) is 11.1. The van der Waals surface area contributed by atoms with Crippen LogP contribution in [0.3, 0.4) is 0 Å². The van der Waals surface area contributed by atoms with Crippen LogP contribution in [0.2, 0.25) is 0 Å². The molecule has 0 saturated heterocycles. The summed E-state index contributed by atoms with van der Waals surface area (Å²) in [5.41, 5.74) is 7.15. The van der Waals surface area contributed by atoms with E-state index in [-0.39, 0.29) is 87.9 Å². The lowest BCUT2D eigenvalue weighted by Gasteiger charge is -2.16. The molecule has 0 bridgehead atoms. The molecule has 0 radical (unpaired) electrons. The number of nitrogen functional groups attached to an aromatic ring is 1. The summed E-state index contributed by atoms with van der Waals surface area (Å²) in [6, 6.07) is 32.3. The lowest BCUT2D eigenvalue weighted by atomic mass is 10.0. The monoisotopic (exact) mass is 1350 g/mol. The Labute approximate surface area is 575 Å². The molecule has 0 aliphatic heterocycles. The number of unbranched alkanes of at least 4 members (excludes halogenated alkanes) is 19. The summed E-state index contributed by atoms with van der Waals surface area (Å²) in [4.78, 5) is 88.5. The Morgan fingerprint density at radius 2 is 0.847 bits per heavy atom. The van der Waals surface area contributed by atoms with Gasteiger partial charge in [0, 0.05) is 35.5 Å². The molecule has 98 heavy (non-hydrogen) atoms. The SMILES string of the molecule is C=CC(=O)OCCCCCCCCCCCOc1ccc(OC(=O)c2ccc(C(=O)Oc3ccc(OCCCCCCCCCCCOC(=O)C=C)cc3)c(C(=O)OCCOc3ccc(OC(=O)c4ccc(-c5cc([N+](=O)[O-])c(O[C@@H](C)CCCCCC)cc5N)cc4)cc3)c2)cc1. The zero-order chi connectivity index (χ0) is 70.1. The minimum Gasteiger partial charge on any atom is -0.494 e. The van der Waals surface area contributed by atoms with Gasteiger partial charge in [-0.25, -0.2) is 28.8 Å². The highest BCUT2D eigenvalue weighted by atomic mass is 16.6. The molecule has 20 nitrogen and oxygen atoms in total. The Bertz CT molecular complexity index is 3480. The zero-order valence-electron chi connectivity index (χ0n) is 56.6. The van der Waals surface area contributed by atoms with Crippen LogP contribution in [0.4, 0.5) is 11.4 Å². The van der Waals surface area contributed by atoms with Crippen LogP contribution < -0.4 is 38.9 Å². The van der Waals surface area contributed by atoms with Gasteiger partial charge in [-0.15, -0.1) is 0 Å². The van der Waals surface area contributed by atoms with E-state index in [1.54, 1.807) is 72.8 Å². The molecule has 6 rings (SSSR count). The van der Waals surface area contributed by atoms with Crippen molar-refractivity contribution < 1.29 is 81.1 Å². The largest absolute Gasteiger partial charge is 0.494 e. The van der Waals surface area contributed by atoms with Crippen LogP contribution >= 0.6 is 0 Å². The average Bonchev–Trinajstić information content (AvgIpc) is 0.813. The number of nitrogens with two attached hydrogens (primary N) is 1. The number of anilines is 1. The Morgan fingerprint density at radius 3 is 1.31 bits per heavy atom. The minimum atomic E-state index is -0.945. The maximum atomic E-state index is 13.9. The fourth-order valence-electron chi connectivity index (χ4n) is 10.4. The molecule has 20 heteroatoms. The molecule has 0 fully saturated rings. The molecule has 2 N–H and O–H groups in total. The summed E-state index contributed by atoms with van der Waals surface area (Å²) < 4.78 is 56.3. The highest BCUT2D eigenvalue weighted by Gasteiger charge is 2.25. The average molecular weight is 1350 g/mol. The number of hydrogen-bond acceptors (Lipinski definition) is 19. The van der Waals surface area contributed by atoms with Gasteiger partial charge in [-0.2, -0.15) is 0 Å². The van der Waals surface area contributed by atoms with Crippen LogP contribution in [0.25, 0.3) is 11.1 Å². The second-order valence-corrected chi connectivity index (χ2v) is 23.7. The number of rotatable bonds is 48. The van der Waals surface area contributed by atoms with Gasteiger partial charge in [0.15, 0.2) is 5.75 Å². The fourth-order valence-corrected chi connectivity index (χ4v) is 10.4. The molecule has 524 valence electrons. The van der Waals surface area contributed by atoms with Crippen LogP contribution in [0.15, 0.2) is 153 Å². The van der Waals surface area contributed by atoms with Gasteiger partial charge >= 0.3 is 41.5 Å². The first-order valence-electron chi connectivity index (χ1n) is 34.2. The predicted octanol–water partition coefficient (Wildman–Crippen LogP) is 17.7. The number of carbonyl (C=O) groups excluding carboxylic acids is 6. The summed E-state index contributed by atoms with van der Waals surface area (Å²) in [6.45, 7) is 12.3. The van der Waals surface area contributed by atoms with Crippen molar-refractivity contribution in [3.05, 3.63) is 185 Å². The molecule has 0 aliphatic rings. The number of nitrogens with zero attached hydrogens (tertiary/aromatic N) is 1. The minimum absolute atomic E-state index is 0.0445. The third-order valence-electron chi connectivity index (χ3n) is 15.9. The zero-order valence-corrected chi connectivity index (χ0v) is 56.6. The molecule has 6 aromatic rings. The standard InChI is InChI=1S/C78H94N2O18/c1-5-8-9-24-29-57(4)95-72-56-70(79)68(55-71(72)80(87)88)58-30-32-59(33-31-58)75(83)96-64-43-39-63(40-44-64)91-52-53-94-77(85)69-54-60(76(84)97-65-41-35-61(36-42-65)89-48-25-20-16-12-10-14-18-22-27-50-92-73(81)6-2)34-47-67(69)78(86)98-66-45-37-62(38-46-66)90-49-26-21-17-13-11-15-19-23-28-51-93-74(82)7-3/h6-7,30-47,54-57H,2-3,5,8-29,48-53,79H2,1,4H3/t57-/m0/s1. The quantitative estimate of drug-likeness (QED) is 0.00544. The van der Waals surface area contributed by atoms with Gasteiger partial charge in [0.25, 0.3) is 0 Å². The van der Waals surface area contributed by atoms with E-state index < -0.39 is 28.8 Å². The van der Waals surface area contributed by atoms with Crippen LogP contribution in [-0.2, 0) is 23.8 Å². The van der Waals surface area contributed by atoms with Gasteiger partial charge in [-0.1, -0.05) is 141 Å². The number of nitro groups is 1. The third-order valence-corrected chi connectivity index (χ3v) is 15.9. The molecular formula is C78H94N2O18.